The predicted molar refractivity (Wildman–Crippen MR) is 57.7 cm³/mol. The highest BCUT2D eigenvalue weighted by molar-refractivity contribution is 4.64. The van der Waals surface area contributed by atoms with Gasteiger partial charge in [0, 0.05) is 6.61 Å². The molecule has 3 unspecified atom stereocenters. The highest BCUT2D eigenvalue weighted by Crippen LogP contribution is 2.05. The third-order valence-corrected chi connectivity index (χ3v) is 2.46. The molecule has 0 aromatic carbocycles. The molecule has 0 aromatic rings. The van der Waals surface area contributed by atoms with Gasteiger partial charge in [0.05, 0.1) is 0 Å². The molecule has 14 heavy (non-hydrogen) atoms. The minimum absolute atomic E-state index is 0.185. The molecule has 0 aliphatic rings. The van der Waals surface area contributed by atoms with Crippen molar-refractivity contribution in [2.45, 2.75) is 32.9 Å². The second-order valence-corrected chi connectivity index (χ2v) is 4.03. The number of nitrogens with two attached hydrogens (primary N) is 1. The first-order valence-corrected chi connectivity index (χ1v) is 5.34. The molecule has 0 saturated heterocycles. The zero-order valence-corrected chi connectivity index (χ0v) is 9.24. The Labute approximate surface area is 86.5 Å². The molecular formula is C10H24N2O2. The van der Waals surface area contributed by atoms with Crippen LogP contribution in [0.2, 0.25) is 0 Å². The van der Waals surface area contributed by atoms with Crippen molar-refractivity contribution < 1.29 is 10.2 Å². The second-order valence-electron chi connectivity index (χ2n) is 4.03. The van der Waals surface area contributed by atoms with E-state index in [1.54, 1.807) is 0 Å². The smallest absolute Gasteiger partial charge is 0.107 e. The van der Waals surface area contributed by atoms with Gasteiger partial charge in [-0.1, -0.05) is 13.8 Å². The fourth-order valence-corrected chi connectivity index (χ4v) is 1.19. The van der Waals surface area contributed by atoms with Gasteiger partial charge >= 0.3 is 0 Å². The Morgan fingerprint density at radius 1 is 1.29 bits per heavy atom. The molecule has 0 aromatic heterocycles. The highest BCUT2D eigenvalue weighted by Gasteiger charge is 2.12. The molecule has 4 heteroatoms. The van der Waals surface area contributed by atoms with Crippen LogP contribution in [-0.2, 0) is 0 Å². The largest absolute Gasteiger partial charge is 0.396 e. The first kappa shape index (κ1) is 13.8. The van der Waals surface area contributed by atoms with Gasteiger partial charge in [-0.3, -0.25) is 5.32 Å². The minimum Gasteiger partial charge on any atom is -0.396 e. The first-order chi connectivity index (χ1) is 6.61. The van der Waals surface area contributed by atoms with Gasteiger partial charge in [-0.15, -0.1) is 0 Å². The van der Waals surface area contributed by atoms with E-state index in [4.69, 9.17) is 10.8 Å². The van der Waals surface area contributed by atoms with Crippen molar-refractivity contribution in [3.8, 4) is 0 Å². The van der Waals surface area contributed by atoms with Crippen LogP contribution in [0.15, 0.2) is 0 Å². The summed E-state index contributed by atoms with van der Waals surface area (Å²) in [5, 5.41) is 21.4. The maximum atomic E-state index is 9.61. The first-order valence-electron chi connectivity index (χ1n) is 5.34. The van der Waals surface area contributed by atoms with Crippen LogP contribution in [0, 0.1) is 11.8 Å². The minimum atomic E-state index is -0.482. The Bertz CT molecular complexity index is 133. The lowest BCUT2D eigenvalue weighted by molar-refractivity contribution is 0.0772. The van der Waals surface area contributed by atoms with Gasteiger partial charge in [0.1, 0.15) is 6.23 Å². The molecule has 0 bridgehead atoms. The lowest BCUT2D eigenvalue weighted by atomic mass is 10.1. The Morgan fingerprint density at radius 3 is 2.43 bits per heavy atom. The lowest BCUT2D eigenvalue weighted by Gasteiger charge is -2.20. The SMILES string of the molecule is CC(CO)CCNC(O)C(C)CCN. The zero-order valence-electron chi connectivity index (χ0n) is 9.24. The average Bonchev–Trinajstić information content (AvgIpc) is 2.17. The number of aliphatic hydroxyl groups excluding tert-OH is 2. The van der Waals surface area contributed by atoms with Crippen LogP contribution in [0.1, 0.15) is 26.7 Å². The zero-order chi connectivity index (χ0) is 11.0. The lowest BCUT2D eigenvalue weighted by Crippen LogP contribution is -2.36. The summed E-state index contributed by atoms with van der Waals surface area (Å²) >= 11 is 0. The Balaban J connectivity index is 3.47. The Hall–Kier alpha value is -0.160. The van der Waals surface area contributed by atoms with Crippen LogP contribution in [0.3, 0.4) is 0 Å². The molecular weight excluding hydrogens is 180 g/mol. The van der Waals surface area contributed by atoms with Crippen molar-refractivity contribution in [2.24, 2.45) is 17.6 Å². The van der Waals surface area contributed by atoms with Crippen LogP contribution in [0.25, 0.3) is 0 Å². The average molecular weight is 204 g/mol. The summed E-state index contributed by atoms with van der Waals surface area (Å²) in [7, 11) is 0. The van der Waals surface area contributed by atoms with Crippen molar-refractivity contribution in [3.63, 3.8) is 0 Å². The monoisotopic (exact) mass is 204 g/mol. The summed E-state index contributed by atoms with van der Waals surface area (Å²) in [5.74, 6) is 0.476. The summed E-state index contributed by atoms with van der Waals surface area (Å²) in [5.41, 5.74) is 5.39. The third kappa shape index (κ3) is 6.32. The molecule has 0 radical (unpaired) electrons. The van der Waals surface area contributed by atoms with E-state index in [0.717, 1.165) is 19.4 Å². The van der Waals surface area contributed by atoms with Crippen molar-refractivity contribution in [2.75, 3.05) is 19.7 Å². The van der Waals surface area contributed by atoms with E-state index in [1.165, 1.54) is 0 Å². The van der Waals surface area contributed by atoms with E-state index in [1.807, 2.05) is 13.8 Å². The van der Waals surface area contributed by atoms with E-state index in [-0.39, 0.29) is 12.5 Å². The Kier molecular flexibility index (Phi) is 8.08. The fraction of sp³-hybridized carbons (Fsp3) is 1.00. The predicted octanol–water partition coefficient (Wildman–Crippen LogP) is -0.102. The standard InChI is InChI=1S/C10H24N2O2/c1-8(7-13)4-6-12-10(14)9(2)3-5-11/h8-10,12-14H,3-7,11H2,1-2H3. The van der Waals surface area contributed by atoms with Gasteiger partial charge in [-0.05, 0) is 37.8 Å². The molecule has 86 valence electrons. The van der Waals surface area contributed by atoms with Crippen LogP contribution in [0.4, 0.5) is 0 Å². The Morgan fingerprint density at radius 2 is 1.93 bits per heavy atom. The second kappa shape index (κ2) is 8.17. The maximum Gasteiger partial charge on any atom is 0.107 e. The van der Waals surface area contributed by atoms with Crippen LogP contribution < -0.4 is 11.1 Å². The van der Waals surface area contributed by atoms with Crippen LogP contribution in [-0.4, -0.2) is 36.1 Å². The van der Waals surface area contributed by atoms with Gasteiger partial charge in [0.15, 0.2) is 0 Å². The van der Waals surface area contributed by atoms with Gasteiger partial charge in [-0.25, -0.2) is 0 Å². The highest BCUT2D eigenvalue weighted by atomic mass is 16.3. The number of aliphatic hydroxyl groups is 2. The van der Waals surface area contributed by atoms with E-state index < -0.39 is 6.23 Å². The molecule has 4 nitrogen and oxygen atoms in total. The molecule has 0 aliphatic heterocycles. The number of nitrogens with one attached hydrogen (secondary N) is 1. The van der Waals surface area contributed by atoms with E-state index in [2.05, 4.69) is 5.32 Å². The molecule has 0 rings (SSSR count). The number of hydrogen-bond donors (Lipinski definition) is 4. The normalized spacial score (nSPS) is 17.8. The van der Waals surface area contributed by atoms with Crippen molar-refractivity contribution in [1.29, 1.82) is 0 Å². The van der Waals surface area contributed by atoms with Gasteiger partial charge < -0.3 is 15.9 Å². The quantitative estimate of drug-likeness (QED) is 0.416. The molecule has 0 fully saturated rings. The van der Waals surface area contributed by atoms with E-state index >= 15 is 0 Å². The molecule has 0 amide bonds. The fourth-order valence-electron chi connectivity index (χ4n) is 1.19. The summed E-state index contributed by atoms with van der Waals surface area (Å²) < 4.78 is 0. The van der Waals surface area contributed by atoms with Crippen molar-refractivity contribution in [1.82, 2.24) is 5.32 Å². The topological polar surface area (TPSA) is 78.5 Å². The van der Waals surface area contributed by atoms with Crippen LogP contribution >= 0.6 is 0 Å². The molecule has 0 spiro atoms. The number of rotatable bonds is 8. The molecule has 0 aliphatic carbocycles. The van der Waals surface area contributed by atoms with Crippen molar-refractivity contribution >= 4 is 0 Å². The summed E-state index contributed by atoms with van der Waals surface area (Å²) in [6.45, 7) is 5.50. The van der Waals surface area contributed by atoms with Gasteiger partial charge in [0.25, 0.3) is 0 Å². The molecule has 0 saturated carbocycles. The number of hydrogen-bond acceptors (Lipinski definition) is 4. The molecule has 0 heterocycles. The third-order valence-electron chi connectivity index (χ3n) is 2.46. The maximum absolute atomic E-state index is 9.61. The van der Waals surface area contributed by atoms with Gasteiger partial charge in [0.2, 0.25) is 0 Å². The van der Waals surface area contributed by atoms with E-state index in [0.29, 0.717) is 12.5 Å². The summed E-state index contributed by atoms with van der Waals surface area (Å²) in [6.07, 6.45) is 1.22. The van der Waals surface area contributed by atoms with Crippen LogP contribution in [0.5, 0.6) is 0 Å². The van der Waals surface area contributed by atoms with Crippen molar-refractivity contribution in [3.05, 3.63) is 0 Å². The van der Waals surface area contributed by atoms with Gasteiger partial charge in [-0.2, -0.15) is 0 Å². The summed E-state index contributed by atoms with van der Waals surface area (Å²) in [6, 6.07) is 0. The molecule has 3 atom stereocenters. The summed E-state index contributed by atoms with van der Waals surface area (Å²) in [4.78, 5) is 0. The molecule has 5 N–H and O–H groups in total. The van der Waals surface area contributed by atoms with E-state index in [9.17, 15) is 5.11 Å².